The van der Waals surface area contributed by atoms with Gasteiger partial charge in [0.05, 0.1) is 17.9 Å². The largest absolute Gasteiger partial charge is 0.372 e. The van der Waals surface area contributed by atoms with Crippen molar-refractivity contribution in [3.8, 4) is 0 Å². The molecular formula is C15H18ClN3O2. The van der Waals surface area contributed by atoms with E-state index >= 15 is 0 Å². The number of fused-ring (bicyclic) bond motifs is 1. The molecule has 1 aliphatic rings. The number of hydrogen-bond donors (Lipinski definition) is 0. The van der Waals surface area contributed by atoms with E-state index in [1.807, 2.05) is 25.7 Å². The van der Waals surface area contributed by atoms with Gasteiger partial charge in [-0.15, -0.1) is 0 Å². The van der Waals surface area contributed by atoms with Gasteiger partial charge in [0.25, 0.3) is 5.91 Å². The maximum absolute atomic E-state index is 12.8. The summed E-state index contributed by atoms with van der Waals surface area (Å²) in [5.74, 6) is -0.00989. The van der Waals surface area contributed by atoms with Crippen molar-refractivity contribution in [2.75, 3.05) is 13.1 Å². The number of ether oxygens (including phenoxy) is 1. The van der Waals surface area contributed by atoms with Crippen LogP contribution in [0, 0.1) is 6.92 Å². The van der Waals surface area contributed by atoms with E-state index in [4.69, 9.17) is 16.3 Å². The molecule has 1 fully saturated rings. The molecule has 112 valence electrons. The lowest BCUT2D eigenvalue weighted by Gasteiger charge is -2.35. The van der Waals surface area contributed by atoms with Crippen LogP contribution in [0.3, 0.4) is 0 Å². The van der Waals surface area contributed by atoms with Crippen LogP contribution in [0.15, 0.2) is 18.3 Å². The number of carbonyl (C=O) groups is 1. The van der Waals surface area contributed by atoms with Gasteiger partial charge in [-0.1, -0.05) is 11.6 Å². The highest BCUT2D eigenvalue weighted by atomic mass is 35.5. The summed E-state index contributed by atoms with van der Waals surface area (Å²) in [7, 11) is 0. The molecule has 5 nitrogen and oxygen atoms in total. The van der Waals surface area contributed by atoms with Gasteiger partial charge in [0.1, 0.15) is 11.3 Å². The minimum atomic E-state index is -0.00989. The van der Waals surface area contributed by atoms with Crippen molar-refractivity contribution in [2.45, 2.75) is 33.0 Å². The molecule has 21 heavy (non-hydrogen) atoms. The zero-order valence-corrected chi connectivity index (χ0v) is 13.1. The quantitative estimate of drug-likeness (QED) is 0.813. The van der Waals surface area contributed by atoms with Gasteiger partial charge < -0.3 is 9.64 Å². The van der Waals surface area contributed by atoms with Gasteiger partial charge in [0.2, 0.25) is 0 Å². The summed E-state index contributed by atoms with van der Waals surface area (Å²) in [4.78, 5) is 19.1. The Kier molecular flexibility index (Phi) is 3.63. The zero-order chi connectivity index (χ0) is 15.1. The van der Waals surface area contributed by atoms with Crippen molar-refractivity contribution in [1.82, 2.24) is 14.3 Å². The van der Waals surface area contributed by atoms with Crippen molar-refractivity contribution in [3.63, 3.8) is 0 Å². The number of aryl methyl sites for hydroxylation is 1. The zero-order valence-electron chi connectivity index (χ0n) is 12.3. The number of hydrogen-bond acceptors (Lipinski definition) is 3. The van der Waals surface area contributed by atoms with Crippen LogP contribution in [0.25, 0.3) is 5.65 Å². The van der Waals surface area contributed by atoms with Crippen LogP contribution in [0.1, 0.15) is 30.0 Å². The predicted octanol–water partition coefficient (Wildman–Crippen LogP) is 2.55. The molecule has 0 aliphatic carbocycles. The summed E-state index contributed by atoms with van der Waals surface area (Å²) in [6.45, 7) is 7.02. The van der Waals surface area contributed by atoms with Crippen molar-refractivity contribution in [3.05, 3.63) is 34.7 Å². The standard InChI is InChI=1S/C15H18ClN3O2/c1-9-7-18(8-10(2)21-9)15(20)14-11(3)17-13-6-12(16)4-5-19(13)14/h4-6,9-10H,7-8H2,1-3H3. The molecule has 0 radical (unpaired) electrons. The maximum Gasteiger partial charge on any atom is 0.272 e. The monoisotopic (exact) mass is 307 g/mol. The molecule has 0 aromatic carbocycles. The molecule has 2 atom stereocenters. The van der Waals surface area contributed by atoms with Crippen LogP contribution in [0.2, 0.25) is 5.02 Å². The Morgan fingerprint density at radius 1 is 1.38 bits per heavy atom. The number of rotatable bonds is 1. The second-order valence-electron chi connectivity index (χ2n) is 5.59. The van der Waals surface area contributed by atoms with Crippen molar-refractivity contribution >= 4 is 23.2 Å². The summed E-state index contributed by atoms with van der Waals surface area (Å²) in [6.07, 6.45) is 1.89. The van der Waals surface area contributed by atoms with Gasteiger partial charge in [0.15, 0.2) is 0 Å². The first-order chi connectivity index (χ1) is 9.95. The SMILES string of the molecule is Cc1nc2cc(Cl)ccn2c1C(=O)N1CC(C)OC(C)C1. The van der Waals surface area contributed by atoms with E-state index in [2.05, 4.69) is 4.98 Å². The third-order valence-corrected chi connectivity index (χ3v) is 3.91. The first-order valence-electron chi connectivity index (χ1n) is 7.04. The molecule has 2 aromatic rings. The number of aromatic nitrogens is 2. The fourth-order valence-electron chi connectivity index (χ4n) is 2.89. The van der Waals surface area contributed by atoms with Gasteiger partial charge in [-0.05, 0) is 26.8 Å². The van der Waals surface area contributed by atoms with E-state index in [9.17, 15) is 4.79 Å². The number of imidazole rings is 1. The Morgan fingerprint density at radius 3 is 2.71 bits per heavy atom. The third kappa shape index (κ3) is 2.63. The Labute approximate surface area is 128 Å². The molecule has 1 aliphatic heterocycles. The van der Waals surface area contributed by atoms with Crippen molar-refractivity contribution in [1.29, 1.82) is 0 Å². The van der Waals surface area contributed by atoms with E-state index in [0.29, 0.717) is 35.1 Å². The van der Waals surface area contributed by atoms with Gasteiger partial charge in [-0.2, -0.15) is 0 Å². The van der Waals surface area contributed by atoms with Gasteiger partial charge in [-0.25, -0.2) is 4.98 Å². The Hall–Kier alpha value is -1.59. The minimum Gasteiger partial charge on any atom is -0.372 e. The van der Waals surface area contributed by atoms with Gasteiger partial charge in [-0.3, -0.25) is 9.20 Å². The van der Waals surface area contributed by atoms with Crippen molar-refractivity contribution < 1.29 is 9.53 Å². The molecule has 1 saturated heterocycles. The summed E-state index contributed by atoms with van der Waals surface area (Å²) in [5.41, 5.74) is 2.01. The first kappa shape index (κ1) is 14.4. The van der Waals surface area contributed by atoms with E-state index in [0.717, 1.165) is 0 Å². The van der Waals surface area contributed by atoms with Crippen molar-refractivity contribution in [2.24, 2.45) is 0 Å². The van der Waals surface area contributed by atoms with Crippen LogP contribution < -0.4 is 0 Å². The van der Waals surface area contributed by atoms with Crippen LogP contribution >= 0.6 is 11.6 Å². The first-order valence-corrected chi connectivity index (χ1v) is 7.42. The van der Waals surface area contributed by atoms with Gasteiger partial charge in [0, 0.05) is 30.4 Å². The normalized spacial score (nSPS) is 22.8. The maximum atomic E-state index is 12.8. The van der Waals surface area contributed by atoms with E-state index in [1.54, 1.807) is 22.7 Å². The Morgan fingerprint density at radius 2 is 2.05 bits per heavy atom. The Bertz CT molecular complexity index is 688. The predicted molar refractivity (Wildman–Crippen MR) is 80.9 cm³/mol. The van der Waals surface area contributed by atoms with E-state index in [-0.39, 0.29) is 18.1 Å². The molecule has 3 heterocycles. The van der Waals surface area contributed by atoms with Crippen LogP contribution in [0.5, 0.6) is 0 Å². The second-order valence-corrected chi connectivity index (χ2v) is 6.02. The third-order valence-electron chi connectivity index (χ3n) is 3.67. The minimum absolute atomic E-state index is 0.00989. The molecule has 6 heteroatoms. The molecule has 1 amide bonds. The molecule has 3 rings (SSSR count). The average molecular weight is 308 g/mol. The van der Waals surface area contributed by atoms with E-state index in [1.165, 1.54) is 0 Å². The number of carbonyl (C=O) groups excluding carboxylic acids is 1. The van der Waals surface area contributed by atoms with Crippen LogP contribution in [0.4, 0.5) is 0 Å². The topological polar surface area (TPSA) is 46.8 Å². The lowest BCUT2D eigenvalue weighted by Crippen LogP contribution is -2.48. The lowest BCUT2D eigenvalue weighted by atomic mass is 10.2. The highest BCUT2D eigenvalue weighted by Gasteiger charge is 2.29. The second kappa shape index (κ2) is 5.31. The van der Waals surface area contributed by atoms with E-state index < -0.39 is 0 Å². The summed E-state index contributed by atoms with van der Waals surface area (Å²) in [6, 6.07) is 3.52. The lowest BCUT2D eigenvalue weighted by molar-refractivity contribution is -0.0587. The molecule has 2 aromatic heterocycles. The smallest absolute Gasteiger partial charge is 0.272 e. The summed E-state index contributed by atoms with van der Waals surface area (Å²) < 4.78 is 7.48. The fourth-order valence-corrected chi connectivity index (χ4v) is 3.04. The molecule has 0 N–H and O–H groups in total. The highest BCUT2D eigenvalue weighted by Crippen LogP contribution is 2.20. The number of nitrogens with zero attached hydrogens (tertiary/aromatic N) is 3. The number of amides is 1. The molecular weight excluding hydrogens is 290 g/mol. The van der Waals surface area contributed by atoms with Crippen LogP contribution in [-0.2, 0) is 4.74 Å². The number of pyridine rings is 1. The molecule has 0 saturated carbocycles. The fraction of sp³-hybridized carbons (Fsp3) is 0.467. The summed E-state index contributed by atoms with van der Waals surface area (Å²) >= 11 is 5.98. The molecule has 0 bridgehead atoms. The molecule has 0 spiro atoms. The highest BCUT2D eigenvalue weighted by molar-refractivity contribution is 6.30. The Balaban J connectivity index is 1.99. The number of morpholine rings is 1. The summed E-state index contributed by atoms with van der Waals surface area (Å²) in [5, 5.41) is 0.611. The number of halogens is 1. The average Bonchev–Trinajstić information content (AvgIpc) is 2.71. The molecule has 2 unspecified atom stereocenters. The van der Waals surface area contributed by atoms with Crippen LogP contribution in [-0.4, -0.2) is 45.5 Å². The van der Waals surface area contributed by atoms with Gasteiger partial charge >= 0.3 is 0 Å².